The fourth-order valence-corrected chi connectivity index (χ4v) is 2.44. The van der Waals surface area contributed by atoms with Gasteiger partial charge >= 0.3 is 5.97 Å². The second kappa shape index (κ2) is 5.42. The molecule has 0 radical (unpaired) electrons. The smallest absolute Gasteiger partial charge is 0.358 e. The van der Waals surface area contributed by atoms with Gasteiger partial charge in [-0.1, -0.05) is 12.1 Å². The lowest BCUT2D eigenvalue weighted by molar-refractivity contribution is 0.0687. The molecule has 0 spiro atoms. The molecule has 0 bridgehead atoms. The van der Waals surface area contributed by atoms with E-state index in [4.69, 9.17) is 5.11 Å². The standard InChI is InChI=1S/C16H10FN3O3/c17-10-3-1-2-9(4-10)8-20-11(6-18)5-12-13(20)7-19-14(15(12)21)16(22)23/h1-5,7,21H,8H2,(H,22,23). The van der Waals surface area contributed by atoms with E-state index in [1.165, 1.54) is 24.4 Å². The number of carbonyl (C=O) groups is 1. The number of aromatic nitrogens is 2. The van der Waals surface area contributed by atoms with Gasteiger partial charge in [0.1, 0.15) is 17.6 Å². The van der Waals surface area contributed by atoms with Gasteiger partial charge in [-0.3, -0.25) is 0 Å². The number of carboxylic acid groups (broad SMARTS) is 1. The normalized spacial score (nSPS) is 10.6. The van der Waals surface area contributed by atoms with Crippen molar-refractivity contribution in [3.05, 3.63) is 59.3 Å². The zero-order chi connectivity index (χ0) is 16.6. The minimum Gasteiger partial charge on any atom is -0.505 e. The van der Waals surface area contributed by atoms with Gasteiger partial charge in [0.25, 0.3) is 0 Å². The molecule has 3 rings (SSSR count). The lowest BCUT2D eigenvalue weighted by atomic mass is 10.2. The van der Waals surface area contributed by atoms with E-state index in [0.29, 0.717) is 11.1 Å². The number of nitrogens with zero attached hydrogens (tertiary/aromatic N) is 3. The number of nitriles is 1. The lowest BCUT2D eigenvalue weighted by Gasteiger charge is -2.08. The van der Waals surface area contributed by atoms with E-state index in [1.54, 1.807) is 16.7 Å². The molecule has 0 saturated heterocycles. The maximum absolute atomic E-state index is 13.3. The maximum Gasteiger partial charge on any atom is 0.358 e. The molecule has 3 aromatic rings. The highest BCUT2D eigenvalue weighted by atomic mass is 19.1. The number of aromatic carboxylic acids is 1. The Morgan fingerprint density at radius 1 is 1.39 bits per heavy atom. The summed E-state index contributed by atoms with van der Waals surface area (Å²) < 4.78 is 14.9. The molecule has 0 aliphatic heterocycles. The molecule has 114 valence electrons. The van der Waals surface area contributed by atoms with Gasteiger partial charge in [0.05, 0.1) is 11.7 Å². The predicted molar refractivity (Wildman–Crippen MR) is 78.6 cm³/mol. The summed E-state index contributed by atoms with van der Waals surface area (Å²) in [5.41, 5.74) is 0.753. The topological polar surface area (TPSA) is 99.1 Å². The van der Waals surface area contributed by atoms with E-state index in [1.807, 2.05) is 6.07 Å². The summed E-state index contributed by atoms with van der Waals surface area (Å²) in [4.78, 5) is 14.7. The van der Waals surface area contributed by atoms with Crippen molar-refractivity contribution in [3.8, 4) is 11.8 Å². The number of fused-ring (bicyclic) bond motifs is 1. The van der Waals surface area contributed by atoms with Crippen molar-refractivity contribution in [3.63, 3.8) is 0 Å². The van der Waals surface area contributed by atoms with Gasteiger partial charge in [-0.15, -0.1) is 0 Å². The summed E-state index contributed by atoms with van der Waals surface area (Å²) in [6.07, 6.45) is 1.28. The molecule has 1 aromatic carbocycles. The first-order valence-corrected chi connectivity index (χ1v) is 6.60. The molecule has 2 N–H and O–H groups in total. The Bertz CT molecular complexity index is 973. The molecule has 7 heteroatoms. The van der Waals surface area contributed by atoms with Crippen LogP contribution in [0.5, 0.6) is 5.75 Å². The third kappa shape index (κ3) is 2.46. The van der Waals surface area contributed by atoms with Crippen LogP contribution in [0.3, 0.4) is 0 Å². The molecule has 0 aliphatic rings. The van der Waals surface area contributed by atoms with E-state index in [9.17, 15) is 19.6 Å². The Balaban J connectivity index is 2.18. The molecule has 6 nitrogen and oxygen atoms in total. The van der Waals surface area contributed by atoms with Crippen molar-refractivity contribution in [2.75, 3.05) is 0 Å². The van der Waals surface area contributed by atoms with Crippen LogP contribution >= 0.6 is 0 Å². The summed E-state index contributed by atoms with van der Waals surface area (Å²) in [6.45, 7) is 0.192. The van der Waals surface area contributed by atoms with Crippen LogP contribution in [0.4, 0.5) is 4.39 Å². The molecule has 0 saturated carbocycles. The van der Waals surface area contributed by atoms with Crippen molar-refractivity contribution >= 4 is 16.9 Å². The van der Waals surface area contributed by atoms with E-state index in [0.717, 1.165) is 0 Å². The maximum atomic E-state index is 13.3. The third-order valence-electron chi connectivity index (χ3n) is 3.48. The summed E-state index contributed by atoms with van der Waals surface area (Å²) in [5, 5.41) is 28.5. The molecule has 0 amide bonds. The summed E-state index contributed by atoms with van der Waals surface area (Å²) in [7, 11) is 0. The van der Waals surface area contributed by atoms with Crippen molar-refractivity contribution < 1.29 is 19.4 Å². The van der Waals surface area contributed by atoms with Gasteiger partial charge in [0.15, 0.2) is 11.4 Å². The van der Waals surface area contributed by atoms with Crippen LogP contribution in [-0.4, -0.2) is 25.7 Å². The van der Waals surface area contributed by atoms with E-state index >= 15 is 0 Å². The van der Waals surface area contributed by atoms with Crippen LogP contribution in [0.2, 0.25) is 0 Å². The molecular weight excluding hydrogens is 301 g/mol. The Morgan fingerprint density at radius 2 is 2.17 bits per heavy atom. The predicted octanol–water partition coefficient (Wildman–Crippen LogP) is 2.50. The molecule has 0 fully saturated rings. The zero-order valence-corrected chi connectivity index (χ0v) is 11.7. The molecular formula is C16H10FN3O3. The summed E-state index contributed by atoms with van der Waals surface area (Å²) >= 11 is 0. The van der Waals surface area contributed by atoms with E-state index in [-0.39, 0.29) is 17.6 Å². The first-order valence-electron chi connectivity index (χ1n) is 6.60. The van der Waals surface area contributed by atoms with Crippen molar-refractivity contribution in [2.45, 2.75) is 6.54 Å². The minimum atomic E-state index is -1.36. The number of aromatic hydroxyl groups is 1. The van der Waals surface area contributed by atoms with Crippen LogP contribution < -0.4 is 0 Å². The SMILES string of the molecule is N#Cc1cc2c(O)c(C(=O)O)ncc2n1Cc1cccc(F)c1. The number of hydrogen-bond donors (Lipinski definition) is 2. The monoisotopic (exact) mass is 311 g/mol. The van der Waals surface area contributed by atoms with Crippen molar-refractivity contribution in [1.82, 2.24) is 9.55 Å². The fourth-order valence-electron chi connectivity index (χ4n) is 2.44. The second-order valence-corrected chi connectivity index (χ2v) is 4.92. The van der Waals surface area contributed by atoms with Crippen LogP contribution in [0.15, 0.2) is 36.5 Å². The number of carboxylic acids is 1. The number of rotatable bonds is 3. The lowest BCUT2D eigenvalue weighted by Crippen LogP contribution is -2.04. The summed E-state index contributed by atoms with van der Waals surface area (Å²) in [6, 6.07) is 9.28. The molecule has 2 heterocycles. The first kappa shape index (κ1) is 14.5. The third-order valence-corrected chi connectivity index (χ3v) is 3.48. The zero-order valence-electron chi connectivity index (χ0n) is 11.7. The molecule has 0 unspecified atom stereocenters. The minimum absolute atomic E-state index is 0.192. The largest absolute Gasteiger partial charge is 0.505 e. The van der Waals surface area contributed by atoms with Crippen molar-refractivity contribution in [1.29, 1.82) is 5.26 Å². The first-order chi connectivity index (χ1) is 11.0. The number of pyridine rings is 1. The van der Waals surface area contributed by atoms with Crippen LogP contribution in [0.25, 0.3) is 10.9 Å². The quantitative estimate of drug-likeness (QED) is 0.774. The highest BCUT2D eigenvalue weighted by molar-refractivity contribution is 5.98. The Hall–Kier alpha value is -3.40. The van der Waals surface area contributed by atoms with Gasteiger partial charge in [-0.25, -0.2) is 14.2 Å². The van der Waals surface area contributed by atoms with Crippen LogP contribution in [-0.2, 0) is 6.54 Å². The molecule has 0 aliphatic carbocycles. The van der Waals surface area contributed by atoms with Gasteiger partial charge in [-0.2, -0.15) is 5.26 Å². The van der Waals surface area contributed by atoms with E-state index < -0.39 is 23.2 Å². The number of benzene rings is 1. The second-order valence-electron chi connectivity index (χ2n) is 4.92. The fraction of sp³-hybridized carbons (Fsp3) is 0.0625. The molecule has 2 aromatic heterocycles. The average molecular weight is 311 g/mol. The van der Waals surface area contributed by atoms with E-state index in [2.05, 4.69) is 4.98 Å². The Morgan fingerprint density at radius 3 is 2.83 bits per heavy atom. The van der Waals surface area contributed by atoms with Gasteiger partial charge in [0.2, 0.25) is 0 Å². The van der Waals surface area contributed by atoms with Gasteiger partial charge < -0.3 is 14.8 Å². The van der Waals surface area contributed by atoms with Gasteiger partial charge in [0, 0.05) is 11.9 Å². The van der Waals surface area contributed by atoms with Gasteiger partial charge in [-0.05, 0) is 23.8 Å². The van der Waals surface area contributed by atoms with Crippen LogP contribution in [0.1, 0.15) is 21.7 Å². The number of halogens is 1. The highest BCUT2D eigenvalue weighted by Crippen LogP contribution is 2.30. The molecule has 0 atom stereocenters. The summed E-state index contributed by atoms with van der Waals surface area (Å²) in [5.74, 6) is -2.25. The van der Waals surface area contributed by atoms with Crippen molar-refractivity contribution in [2.24, 2.45) is 0 Å². The number of hydrogen-bond acceptors (Lipinski definition) is 4. The Kier molecular flexibility index (Phi) is 3.43. The molecule has 23 heavy (non-hydrogen) atoms. The highest BCUT2D eigenvalue weighted by Gasteiger charge is 2.19. The van der Waals surface area contributed by atoms with Crippen LogP contribution in [0, 0.1) is 17.1 Å². The average Bonchev–Trinajstić information content (AvgIpc) is 2.86. The Labute approximate surface area is 129 Å².